The number of nitrogens with zero attached hydrogens (tertiary/aromatic N) is 4. The lowest BCUT2D eigenvalue weighted by Gasteiger charge is -2.12. The van der Waals surface area contributed by atoms with Crippen molar-refractivity contribution in [2.24, 2.45) is 0 Å². The highest BCUT2D eigenvalue weighted by Crippen LogP contribution is 2.23. The van der Waals surface area contributed by atoms with Gasteiger partial charge in [0.25, 0.3) is 0 Å². The molecule has 0 saturated carbocycles. The number of aromatic nitrogens is 3. The van der Waals surface area contributed by atoms with Gasteiger partial charge in [0, 0.05) is 12.5 Å². The summed E-state index contributed by atoms with van der Waals surface area (Å²) in [5.41, 5.74) is 1.08. The van der Waals surface area contributed by atoms with Gasteiger partial charge in [0.2, 0.25) is 5.91 Å². The van der Waals surface area contributed by atoms with Crippen LogP contribution >= 0.6 is 0 Å². The van der Waals surface area contributed by atoms with E-state index in [0.29, 0.717) is 25.6 Å². The van der Waals surface area contributed by atoms with Crippen molar-refractivity contribution in [2.75, 3.05) is 19.8 Å². The van der Waals surface area contributed by atoms with E-state index in [2.05, 4.69) is 15.4 Å². The minimum Gasteiger partial charge on any atom is -0.381 e. The fraction of sp³-hybridized carbons (Fsp3) is 0.412. The van der Waals surface area contributed by atoms with Gasteiger partial charge in [0.1, 0.15) is 5.82 Å². The monoisotopic (exact) mass is 341 g/mol. The Balaban J connectivity index is 1.62. The van der Waals surface area contributed by atoms with Crippen molar-refractivity contribution in [3.8, 4) is 0 Å². The van der Waals surface area contributed by atoms with Gasteiger partial charge in [0.05, 0.1) is 26.2 Å². The minimum absolute atomic E-state index is 0.0367. The summed E-state index contributed by atoms with van der Waals surface area (Å²) in [6, 6.07) is 9.53. The van der Waals surface area contributed by atoms with Gasteiger partial charge in [-0.25, -0.2) is 14.5 Å². The number of carbonyl (C=O) groups is 2. The Morgan fingerprint density at radius 3 is 2.72 bits per heavy atom. The Morgan fingerprint density at radius 2 is 2.04 bits per heavy atom. The Kier molecular flexibility index (Phi) is 4.19. The molecule has 2 aliphatic heterocycles. The Morgan fingerprint density at radius 1 is 1.20 bits per heavy atom. The molecule has 8 nitrogen and oxygen atoms in total. The molecule has 2 saturated heterocycles. The first-order valence-electron chi connectivity index (χ1n) is 8.34. The molecule has 0 aliphatic carbocycles. The lowest BCUT2D eigenvalue weighted by molar-refractivity contribution is -0.125. The first-order chi connectivity index (χ1) is 12.2. The lowest BCUT2D eigenvalue weighted by atomic mass is 10.1. The summed E-state index contributed by atoms with van der Waals surface area (Å²) in [7, 11) is 0. The van der Waals surface area contributed by atoms with Crippen molar-refractivity contribution >= 4 is 11.9 Å². The smallest absolute Gasteiger partial charge is 0.325 e. The van der Waals surface area contributed by atoms with Crippen molar-refractivity contribution in [1.29, 1.82) is 0 Å². The van der Waals surface area contributed by atoms with Gasteiger partial charge >= 0.3 is 6.03 Å². The number of nitrogens with one attached hydrogen (secondary N) is 1. The first-order valence-corrected chi connectivity index (χ1v) is 8.34. The molecule has 25 heavy (non-hydrogen) atoms. The highest BCUT2D eigenvalue weighted by molar-refractivity contribution is 6.01. The summed E-state index contributed by atoms with van der Waals surface area (Å²) in [6.07, 6.45) is 0.887. The van der Waals surface area contributed by atoms with Crippen LogP contribution in [0.1, 0.15) is 29.6 Å². The molecule has 130 valence electrons. The van der Waals surface area contributed by atoms with Gasteiger partial charge in [0.15, 0.2) is 5.82 Å². The molecule has 0 radical (unpaired) electrons. The van der Waals surface area contributed by atoms with Gasteiger partial charge in [-0.3, -0.25) is 9.69 Å². The predicted octanol–water partition coefficient (Wildman–Crippen LogP) is 0.882. The standard InChI is InChI=1S/C17H19N5O3/c23-15-8-18-17(24)21(15)10-14-19-16(13-6-7-25-11-13)20-22(14)9-12-4-2-1-3-5-12/h1-5,13H,6-11H2,(H,18,24). The number of hydrogen-bond acceptors (Lipinski definition) is 5. The normalized spacial score (nSPS) is 20.3. The van der Waals surface area contributed by atoms with E-state index < -0.39 is 0 Å². The van der Waals surface area contributed by atoms with Gasteiger partial charge < -0.3 is 10.1 Å². The van der Waals surface area contributed by atoms with Crippen LogP contribution in [0.4, 0.5) is 4.79 Å². The fourth-order valence-corrected chi connectivity index (χ4v) is 3.06. The maximum atomic E-state index is 11.9. The molecule has 4 rings (SSSR count). The average Bonchev–Trinajstić information content (AvgIpc) is 3.34. The number of amides is 3. The third kappa shape index (κ3) is 3.25. The molecule has 8 heteroatoms. The van der Waals surface area contributed by atoms with Crippen LogP contribution in [-0.2, 0) is 22.6 Å². The molecular weight excluding hydrogens is 322 g/mol. The molecule has 1 aromatic carbocycles. The molecule has 0 bridgehead atoms. The molecule has 2 aliphatic rings. The number of benzene rings is 1. The number of carbonyl (C=O) groups excluding carboxylic acids is 2. The number of ether oxygens (including phenoxy) is 1. The van der Waals surface area contributed by atoms with Crippen LogP contribution in [0, 0.1) is 0 Å². The maximum absolute atomic E-state index is 11.9. The zero-order valence-electron chi connectivity index (χ0n) is 13.7. The highest BCUT2D eigenvalue weighted by atomic mass is 16.5. The first kappa shape index (κ1) is 15.8. The number of rotatable bonds is 5. The third-order valence-corrected chi connectivity index (χ3v) is 4.47. The molecule has 2 fully saturated rings. The van der Waals surface area contributed by atoms with E-state index in [1.807, 2.05) is 30.3 Å². The maximum Gasteiger partial charge on any atom is 0.325 e. The molecular formula is C17H19N5O3. The van der Waals surface area contributed by atoms with Crippen LogP contribution in [0.25, 0.3) is 0 Å². The lowest BCUT2D eigenvalue weighted by Crippen LogP contribution is -2.31. The van der Waals surface area contributed by atoms with Crippen LogP contribution in [-0.4, -0.2) is 51.4 Å². The van der Waals surface area contributed by atoms with Crippen LogP contribution < -0.4 is 5.32 Å². The van der Waals surface area contributed by atoms with E-state index >= 15 is 0 Å². The molecule has 1 unspecified atom stereocenters. The number of hydrogen-bond donors (Lipinski definition) is 1. The second kappa shape index (κ2) is 6.64. The number of imide groups is 1. The summed E-state index contributed by atoms with van der Waals surface area (Å²) in [5.74, 6) is 1.25. The van der Waals surface area contributed by atoms with E-state index in [4.69, 9.17) is 4.74 Å². The molecule has 2 aromatic rings. The van der Waals surface area contributed by atoms with Gasteiger partial charge in [-0.15, -0.1) is 0 Å². The summed E-state index contributed by atoms with van der Waals surface area (Å²) >= 11 is 0. The van der Waals surface area contributed by atoms with E-state index in [1.54, 1.807) is 4.68 Å². The molecule has 3 amide bonds. The van der Waals surface area contributed by atoms with Crippen molar-refractivity contribution in [2.45, 2.75) is 25.4 Å². The summed E-state index contributed by atoms with van der Waals surface area (Å²) < 4.78 is 7.21. The van der Waals surface area contributed by atoms with Crippen molar-refractivity contribution < 1.29 is 14.3 Å². The summed E-state index contributed by atoms with van der Waals surface area (Å²) in [5, 5.41) is 7.17. The second-order valence-electron chi connectivity index (χ2n) is 6.23. The Hall–Kier alpha value is -2.74. The second-order valence-corrected chi connectivity index (χ2v) is 6.23. The minimum atomic E-state index is -0.384. The highest BCUT2D eigenvalue weighted by Gasteiger charge is 2.31. The van der Waals surface area contributed by atoms with E-state index in [9.17, 15) is 9.59 Å². The zero-order valence-corrected chi connectivity index (χ0v) is 13.7. The van der Waals surface area contributed by atoms with Crippen LogP contribution in [0.2, 0.25) is 0 Å². The predicted molar refractivity (Wildman–Crippen MR) is 87.7 cm³/mol. The molecule has 3 heterocycles. The van der Waals surface area contributed by atoms with Gasteiger partial charge in [-0.05, 0) is 12.0 Å². The number of urea groups is 1. The third-order valence-electron chi connectivity index (χ3n) is 4.47. The van der Waals surface area contributed by atoms with Crippen LogP contribution in [0.3, 0.4) is 0 Å². The largest absolute Gasteiger partial charge is 0.381 e. The molecule has 1 aromatic heterocycles. The fourth-order valence-electron chi connectivity index (χ4n) is 3.06. The van der Waals surface area contributed by atoms with E-state index in [0.717, 1.165) is 17.8 Å². The zero-order chi connectivity index (χ0) is 17.2. The van der Waals surface area contributed by atoms with E-state index in [-0.39, 0.29) is 30.9 Å². The summed E-state index contributed by atoms with van der Waals surface area (Å²) in [4.78, 5) is 29.5. The Bertz CT molecular complexity index is 767. The van der Waals surface area contributed by atoms with Gasteiger partial charge in [-0.2, -0.15) is 5.10 Å². The van der Waals surface area contributed by atoms with Crippen molar-refractivity contribution in [1.82, 2.24) is 25.0 Å². The summed E-state index contributed by atoms with van der Waals surface area (Å²) in [6.45, 7) is 2.02. The Labute approximate surface area is 144 Å². The quantitative estimate of drug-likeness (QED) is 0.816. The van der Waals surface area contributed by atoms with Crippen LogP contribution in [0.5, 0.6) is 0 Å². The topological polar surface area (TPSA) is 89.3 Å². The average molecular weight is 341 g/mol. The van der Waals surface area contributed by atoms with Crippen molar-refractivity contribution in [3.63, 3.8) is 0 Å². The van der Waals surface area contributed by atoms with Crippen molar-refractivity contribution in [3.05, 3.63) is 47.5 Å². The van der Waals surface area contributed by atoms with E-state index in [1.165, 1.54) is 4.90 Å². The van der Waals surface area contributed by atoms with Gasteiger partial charge in [-0.1, -0.05) is 30.3 Å². The molecule has 0 spiro atoms. The van der Waals surface area contributed by atoms with Crippen LogP contribution in [0.15, 0.2) is 30.3 Å². The molecule has 1 N–H and O–H groups in total. The SMILES string of the molecule is O=C1CNC(=O)N1Cc1nc(C2CCOC2)nn1Cc1ccccc1. The molecule has 1 atom stereocenters.